The van der Waals surface area contributed by atoms with Gasteiger partial charge in [0.05, 0.1) is 5.69 Å². The number of carbonyl (C=O) groups is 1. The second kappa shape index (κ2) is 6.00. The number of hydrogen-bond donors (Lipinski definition) is 2. The zero-order valence-corrected chi connectivity index (χ0v) is 12.4. The summed E-state index contributed by atoms with van der Waals surface area (Å²) in [7, 11) is 0. The van der Waals surface area contributed by atoms with E-state index in [9.17, 15) is 4.79 Å². The number of aromatic nitrogens is 3. The summed E-state index contributed by atoms with van der Waals surface area (Å²) in [6.07, 6.45) is 1.89. The molecule has 2 N–H and O–H groups in total. The molecule has 0 aliphatic carbocycles. The molecule has 0 spiro atoms. The standard InChI is InChI=1S/C14H21N5O/c1-9-7-14-17-8-13(11(3)19(14)18-9)10(2)15-5-6-16-12(4)20/h7-8,10,15H,5-6H2,1-4H3,(H,16,20). The van der Waals surface area contributed by atoms with Crippen LogP contribution in [0.25, 0.3) is 5.65 Å². The molecule has 0 fully saturated rings. The maximum atomic E-state index is 10.8. The molecule has 2 aromatic heterocycles. The quantitative estimate of drug-likeness (QED) is 0.803. The molecule has 0 saturated heterocycles. The van der Waals surface area contributed by atoms with E-state index < -0.39 is 0 Å². The summed E-state index contributed by atoms with van der Waals surface area (Å²) in [6.45, 7) is 8.95. The largest absolute Gasteiger partial charge is 0.355 e. The molecule has 2 rings (SSSR count). The Bertz CT molecular complexity index is 619. The molecule has 1 atom stereocenters. The van der Waals surface area contributed by atoms with Crippen LogP contribution in [-0.2, 0) is 4.79 Å². The zero-order valence-electron chi connectivity index (χ0n) is 12.4. The van der Waals surface area contributed by atoms with Crippen molar-refractivity contribution in [1.29, 1.82) is 0 Å². The van der Waals surface area contributed by atoms with Gasteiger partial charge in [-0.1, -0.05) is 0 Å². The Morgan fingerprint density at radius 2 is 2.15 bits per heavy atom. The summed E-state index contributed by atoms with van der Waals surface area (Å²) in [5, 5.41) is 10.6. The summed E-state index contributed by atoms with van der Waals surface area (Å²) >= 11 is 0. The number of nitrogens with zero attached hydrogens (tertiary/aromatic N) is 3. The maximum absolute atomic E-state index is 10.8. The molecule has 2 heterocycles. The van der Waals surface area contributed by atoms with Crippen molar-refractivity contribution in [3.8, 4) is 0 Å². The van der Waals surface area contributed by atoms with Gasteiger partial charge in [0, 0.05) is 49.6 Å². The zero-order chi connectivity index (χ0) is 14.7. The number of nitrogens with one attached hydrogen (secondary N) is 2. The van der Waals surface area contributed by atoms with Gasteiger partial charge in [0.25, 0.3) is 0 Å². The molecular weight excluding hydrogens is 254 g/mol. The Morgan fingerprint density at radius 1 is 1.40 bits per heavy atom. The SMILES string of the molecule is CC(=O)NCCNC(C)c1cnc2cc(C)nn2c1C. The maximum Gasteiger partial charge on any atom is 0.216 e. The molecule has 0 radical (unpaired) electrons. The van der Waals surface area contributed by atoms with Gasteiger partial charge in [-0.25, -0.2) is 9.50 Å². The van der Waals surface area contributed by atoms with Crippen molar-refractivity contribution in [2.75, 3.05) is 13.1 Å². The third-order valence-corrected chi connectivity index (χ3v) is 3.30. The van der Waals surface area contributed by atoms with Crippen molar-refractivity contribution in [1.82, 2.24) is 25.2 Å². The lowest BCUT2D eigenvalue weighted by Gasteiger charge is -2.16. The Balaban J connectivity index is 2.07. The van der Waals surface area contributed by atoms with Crippen LogP contribution in [0.4, 0.5) is 0 Å². The summed E-state index contributed by atoms with van der Waals surface area (Å²) < 4.78 is 1.87. The number of amides is 1. The van der Waals surface area contributed by atoms with E-state index >= 15 is 0 Å². The van der Waals surface area contributed by atoms with Crippen LogP contribution in [0.2, 0.25) is 0 Å². The molecule has 0 aromatic carbocycles. The molecule has 0 saturated carbocycles. The van der Waals surface area contributed by atoms with E-state index in [-0.39, 0.29) is 11.9 Å². The van der Waals surface area contributed by atoms with Crippen molar-refractivity contribution in [3.05, 3.63) is 29.2 Å². The highest BCUT2D eigenvalue weighted by atomic mass is 16.1. The minimum absolute atomic E-state index is 0.00858. The summed E-state index contributed by atoms with van der Waals surface area (Å²) in [5.41, 5.74) is 4.03. The van der Waals surface area contributed by atoms with Crippen LogP contribution >= 0.6 is 0 Å². The Hall–Kier alpha value is -1.95. The first kappa shape index (κ1) is 14.5. The highest BCUT2D eigenvalue weighted by Crippen LogP contribution is 2.17. The predicted molar refractivity (Wildman–Crippen MR) is 77.6 cm³/mol. The first-order chi connectivity index (χ1) is 9.49. The van der Waals surface area contributed by atoms with E-state index in [0.29, 0.717) is 6.54 Å². The molecule has 6 nitrogen and oxygen atoms in total. The van der Waals surface area contributed by atoms with Gasteiger partial charge in [0.2, 0.25) is 5.91 Å². The van der Waals surface area contributed by atoms with Gasteiger partial charge in [-0.2, -0.15) is 5.10 Å². The Morgan fingerprint density at radius 3 is 2.85 bits per heavy atom. The van der Waals surface area contributed by atoms with Crippen LogP contribution in [0.5, 0.6) is 0 Å². The molecular formula is C14H21N5O. The van der Waals surface area contributed by atoms with Crippen molar-refractivity contribution >= 4 is 11.6 Å². The van der Waals surface area contributed by atoms with Gasteiger partial charge >= 0.3 is 0 Å². The van der Waals surface area contributed by atoms with Gasteiger partial charge in [-0.05, 0) is 20.8 Å². The fourth-order valence-electron chi connectivity index (χ4n) is 2.24. The van der Waals surface area contributed by atoms with Crippen LogP contribution in [0.15, 0.2) is 12.3 Å². The molecule has 2 aromatic rings. The van der Waals surface area contributed by atoms with E-state index in [1.165, 1.54) is 6.92 Å². The number of rotatable bonds is 5. The lowest BCUT2D eigenvalue weighted by Crippen LogP contribution is -2.32. The third-order valence-electron chi connectivity index (χ3n) is 3.30. The average molecular weight is 275 g/mol. The van der Waals surface area contributed by atoms with Gasteiger partial charge in [0.1, 0.15) is 0 Å². The van der Waals surface area contributed by atoms with E-state index in [1.807, 2.05) is 30.6 Å². The normalized spacial score (nSPS) is 12.6. The lowest BCUT2D eigenvalue weighted by molar-refractivity contribution is -0.118. The average Bonchev–Trinajstić information content (AvgIpc) is 2.76. The number of carbonyl (C=O) groups excluding carboxylic acids is 1. The van der Waals surface area contributed by atoms with Gasteiger partial charge in [-0.15, -0.1) is 0 Å². The fraction of sp³-hybridized carbons (Fsp3) is 0.500. The summed E-state index contributed by atoms with van der Waals surface area (Å²) in [4.78, 5) is 15.2. The van der Waals surface area contributed by atoms with Crippen molar-refractivity contribution in [3.63, 3.8) is 0 Å². The highest BCUT2D eigenvalue weighted by Gasteiger charge is 2.12. The lowest BCUT2D eigenvalue weighted by atomic mass is 10.1. The van der Waals surface area contributed by atoms with Crippen LogP contribution in [0, 0.1) is 13.8 Å². The number of hydrogen-bond acceptors (Lipinski definition) is 4. The molecule has 0 aliphatic rings. The highest BCUT2D eigenvalue weighted by molar-refractivity contribution is 5.72. The smallest absolute Gasteiger partial charge is 0.216 e. The van der Waals surface area contributed by atoms with Gasteiger partial charge in [-0.3, -0.25) is 4.79 Å². The van der Waals surface area contributed by atoms with Crippen LogP contribution in [-0.4, -0.2) is 33.6 Å². The van der Waals surface area contributed by atoms with Gasteiger partial charge in [0.15, 0.2) is 5.65 Å². The second-order valence-electron chi connectivity index (χ2n) is 5.01. The first-order valence-corrected chi connectivity index (χ1v) is 6.78. The molecule has 108 valence electrons. The Labute approximate surface area is 118 Å². The first-order valence-electron chi connectivity index (χ1n) is 6.78. The van der Waals surface area contributed by atoms with Crippen LogP contribution in [0.3, 0.4) is 0 Å². The van der Waals surface area contributed by atoms with Crippen molar-refractivity contribution in [2.45, 2.75) is 33.7 Å². The summed E-state index contributed by atoms with van der Waals surface area (Å²) in [5.74, 6) is -0.00858. The minimum Gasteiger partial charge on any atom is -0.355 e. The number of aryl methyl sites for hydroxylation is 2. The second-order valence-corrected chi connectivity index (χ2v) is 5.01. The van der Waals surface area contributed by atoms with E-state index in [0.717, 1.165) is 29.1 Å². The minimum atomic E-state index is -0.00858. The van der Waals surface area contributed by atoms with Crippen molar-refractivity contribution in [2.24, 2.45) is 0 Å². The number of fused-ring (bicyclic) bond motifs is 1. The Kier molecular flexibility index (Phi) is 4.34. The fourth-order valence-corrected chi connectivity index (χ4v) is 2.24. The van der Waals surface area contributed by atoms with Crippen LogP contribution in [0.1, 0.15) is 36.8 Å². The molecule has 20 heavy (non-hydrogen) atoms. The van der Waals surface area contributed by atoms with E-state index in [4.69, 9.17) is 0 Å². The third kappa shape index (κ3) is 3.14. The molecule has 1 unspecified atom stereocenters. The molecule has 1 amide bonds. The molecule has 0 aliphatic heterocycles. The molecule has 0 bridgehead atoms. The summed E-state index contributed by atoms with van der Waals surface area (Å²) in [6, 6.07) is 2.12. The molecule has 6 heteroatoms. The van der Waals surface area contributed by atoms with E-state index in [1.54, 1.807) is 0 Å². The predicted octanol–water partition coefficient (Wildman–Crippen LogP) is 1.13. The van der Waals surface area contributed by atoms with Gasteiger partial charge < -0.3 is 10.6 Å². The topological polar surface area (TPSA) is 71.3 Å². The van der Waals surface area contributed by atoms with E-state index in [2.05, 4.69) is 27.6 Å². The monoisotopic (exact) mass is 275 g/mol. The van der Waals surface area contributed by atoms with Crippen molar-refractivity contribution < 1.29 is 4.79 Å². The van der Waals surface area contributed by atoms with Crippen LogP contribution < -0.4 is 10.6 Å².